The molecule has 1 N–H and O–H groups in total. The minimum atomic E-state index is -3.83. The predicted molar refractivity (Wildman–Crippen MR) is 85.4 cm³/mol. The van der Waals surface area contributed by atoms with Gasteiger partial charge < -0.3 is 9.63 Å². The Hall–Kier alpha value is -0.920. The first-order valence-corrected chi connectivity index (χ1v) is 10.0. The van der Waals surface area contributed by atoms with Gasteiger partial charge in [0.15, 0.2) is 5.76 Å². The molecule has 0 bridgehead atoms. The van der Waals surface area contributed by atoms with Crippen LogP contribution in [0.1, 0.15) is 46.0 Å². The van der Waals surface area contributed by atoms with Gasteiger partial charge in [-0.2, -0.15) is 0 Å². The number of hydrogen-bond acceptors (Lipinski definition) is 7. The van der Waals surface area contributed by atoms with Gasteiger partial charge in [-0.05, 0) is 39.5 Å². The number of carbonyl (C=O) groups is 1. The number of hydrazine groups is 1. The summed E-state index contributed by atoms with van der Waals surface area (Å²) in [6.45, 7) is 4.39. The zero-order chi connectivity index (χ0) is 17.4. The lowest BCUT2D eigenvalue weighted by Gasteiger charge is -2.49. The Morgan fingerprint density at radius 3 is 2.71 bits per heavy atom. The molecule has 1 amide bonds. The minimum Gasteiger partial charge on any atom is -0.404 e. The zero-order valence-electron chi connectivity index (χ0n) is 14.1. The summed E-state index contributed by atoms with van der Waals surface area (Å²) in [6.07, 6.45) is 4.69. The van der Waals surface area contributed by atoms with Crippen LogP contribution in [0, 0.1) is 0 Å². The van der Waals surface area contributed by atoms with Crippen molar-refractivity contribution >= 4 is 13.7 Å². The molecule has 2 aliphatic heterocycles. The third-order valence-electron chi connectivity index (χ3n) is 4.71. The van der Waals surface area contributed by atoms with Gasteiger partial charge in [-0.15, -0.1) is 0 Å². The van der Waals surface area contributed by atoms with Gasteiger partial charge in [0.05, 0.1) is 25.5 Å². The average Bonchev–Trinajstić information content (AvgIpc) is 2.92. The molecule has 2 heterocycles. The first-order chi connectivity index (χ1) is 11.4. The third kappa shape index (κ3) is 3.02. The van der Waals surface area contributed by atoms with E-state index in [0.717, 1.165) is 19.3 Å². The molecule has 24 heavy (non-hydrogen) atoms. The number of carbonyl (C=O) groups excluding carboxylic acids is 1. The Kier molecular flexibility index (Phi) is 5.04. The number of rotatable bonds is 6. The van der Waals surface area contributed by atoms with Crippen molar-refractivity contribution in [1.29, 1.82) is 0 Å². The Balaban J connectivity index is 1.94. The fourth-order valence-corrected chi connectivity index (χ4v) is 4.97. The Bertz CT molecular complexity index is 572. The minimum absolute atomic E-state index is 0.0565. The number of hydrogen-bond donors (Lipinski definition) is 1. The fourth-order valence-electron chi connectivity index (χ4n) is 3.72. The molecule has 1 saturated heterocycles. The summed E-state index contributed by atoms with van der Waals surface area (Å²) in [4.78, 5) is 12.3. The van der Waals surface area contributed by atoms with Gasteiger partial charge in [-0.25, -0.2) is 14.6 Å². The van der Waals surface area contributed by atoms with Crippen molar-refractivity contribution < 1.29 is 28.0 Å². The van der Waals surface area contributed by atoms with Crippen LogP contribution < -0.4 is 0 Å². The number of fused-ring (bicyclic) bond motifs is 3. The molecule has 8 nitrogen and oxygen atoms in total. The maximum Gasteiger partial charge on any atom is 0.529 e. The topological polar surface area (TPSA) is 88.5 Å². The van der Waals surface area contributed by atoms with Crippen LogP contribution in [-0.4, -0.2) is 52.4 Å². The highest BCUT2D eigenvalue weighted by Gasteiger charge is 2.55. The summed E-state index contributed by atoms with van der Waals surface area (Å²) in [5.74, 6) is 0.0423. The first-order valence-electron chi connectivity index (χ1n) is 8.55. The van der Waals surface area contributed by atoms with Crippen LogP contribution in [0.4, 0.5) is 0 Å². The molecule has 9 heteroatoms. The van der Waals surface area contributed by atoms with Crippen LogP contribution in [0.2, 0.25) is 0 Å². The molecule has 3 rings (SSSR count). The third-order valence-corrected chi connectivity index (χ3v) is 6.28. The molecule has 0 aromatic carbocycles. The lowest BCUT2D eigenvalue weighted by Crippen LogP contribution is -2.62. The molecule has 0 unspecified atom stereocenters. The molecule has 0 radical (unpaired) electrons. The van der Waals surface area contributed by atoms with Crippen molar-refractivity contribution in [3.8, 4) is 0 Å². The largest absolute Gasteiger partial charge is 0.529 e. The second-order valence-electron chi connectivity index (χ2n) is 6.20. The average molecular weight is 360 g/mol. The van der Waals surface area contributed by atoms with Crippen molar-refractivity contribution in [2.24, 2.45) is 0 Å². The van der Waals surface area contributed by atoms with E-state index < -0.39 is 13.4 Å². The van der Waals surface area contributed by atoms with Gasteiger partial charge in [0.2, 0.25) is 5.91 Å². The predicted octanol–water partition coefficient (Wildman–Crippen LogP) is 2.16. The van der Waals surface area contributed by atoms with Crippen LogP contribution in [0.5, 0.6) is 0 Å². The number of aliphatic hydroxyl groups is 1. The second-order valence-corrected chi connectivity index (χ2v) is 7.80. The summed E-state index contributed by atoms with van der Waals surface area (Å²) in [5.41, 5.74) is -1.28. The Morgan fingerprint density at radius 1 is 1.33 bits per heavy atom. The van der Waals surface area contributed by atoms with Crippen molar-refractivity contribution in [1.82, 2.24) is 10.0 Å². The quantitative estimate of drug-likeness (QED) is 0.726. The number of amides is 1. The van der Waals surface area contributed by atoms with Gasteiger partial charge in [-0.3, -0.25) is 13.8 Å². The molecule has 1 saturated carbocycles. The monoisotopic (exact) mass is 360 g/mol. The van der Waals surface area contributed by atoms with Crippen molar-refractivity contribution in [2.45, 2.75) is 57.6 Å². The van der Waals surface area contributed by atoms with Crippen LogP contribution in [-0.2, 0) is 22.9 Å². The van der Waals surface area contributed by atoms with Crippen LogP contribution in [0.15, 0.2) is 12.0 Å². The molecular weight excluding hydrogens is 335 g/mol. The molecular formula is C15H25N2O6P. The van der Waals surface area contributed by atoms with E-state index in [9.17, 15) is 14.5 Å². The Morgan fingerprint density at radius 2 is 2.04 bits per heavy atom. The standard InChI is InChI=1S/C15H25N2O6P/c1-3-21-24(20,22-4-2)23-13-11-17-14(18)8-6-10-16(17)12-7-5-9-15(12,13)19/h11-12,19H,3-10H2,1-2H3/t12-,15+/m0/s1. The summed E-state index contributed by atoms with van der Waals surface area (Å²) in [7, 11) is -3.83. The van der Waals surface area contributed by atoms with E-state index in [4.69, 9.17) is 13.6 Å². The van der Waals surface area contributed by atoms with Gasteiger partial charge in [0.25, 0.3) is 0 Å². The van der Waals surface area contributed by atoms with E-state index in [1.54, 1.807) is 13.8 Å². The second kappa shape index (κ2) is 6.77. The fraction of sp³-hybridized carbons (Fsp3) is 0.800. The molecule has 2 atom stereocenters. The smallest absolute Gasteiger partial charge is 0.404 e. The molecule has 1 aliphatic carbocycles. The van der Waals surface area contributed by atoms with E-state index in [0.29, 0.717) is 19.4 Å². The summed E-state index contributed by atoms with van der Waals surface area (Å²) in [6, 6.07) is -0.265. The molecule has 136 valence electrons. The summed E-state index contributed by atoms with van der Waals surface area (Å²) in [5, 5.41) is 14.6. The number of nitrogens with zero attached hydrogens (tertiary/aromatic N) is 2. The molecule has 3 aliphatic rings. The highest BCUT2D eigenvalue weighted by Crippen LogP contribution is 2.56. The number of phosphoric acid groups is 1. The highest BCUT2D eigenvalue weighted by molar-refractivity contribution is 7.48. The van der Waals surface area contributed by atoms with Gasteiger partial charge in [-0.1, -0.05) is 0 Å². The molecule has 2 fully saturated rings. The SMILES string of the molecule is CCOP(=O)(OCC)OC1=CN2C(=O)CCCN2[C@H]2CCC[C@]12O. The van der Waals surface area contributed by atoms with E-state index in [1.165, 1.54) is 11.2 Å². The lowest BCUT2D eigenvalue weighted by molar-refractivity contribution is -0.170. The van der Waals surface area contributed by atoms with Crippen molar-refractivity contribution in [3.05, 3.63) is 12.0 Å². The maximum atomic E-state index is 12.7. The van der Waals surface area contributed by atoms with Crippen LogP contribution >= 0.6 is 7.82 Å². The first kappa shape index (κ1) is 17.9. The van der Waals surface area contributed by atoms with Gasteiger partial charge >= 0.3 is 7.82 Å². The van der Waals surface area contributed by atoms with Crippen LogP contribution in [0.25, 0.3) is 0 Å². The van der Waals surface area contributed by atoms with E-state index in [-0.39, 0.29) is 30.9 Å². The zero-order valence-corrected chi connectivity index (χ0v) is 15.0. The molecule has 0 aromatic heterocycles. The van der Waals surface area contributed by atoms with E-state index in [1.807, 2.05) is 5.01 Å². The number of phosphoric ester groups is 1. The van der Waals surface area contributed by atoms with E-state index in [2.05, 4.69) is 0 Å². The summed E-state index contributed by atoms with van der Waals surface area (Å²) < 4.78 is 28.6. The van der Waals surface area contributed by atoms with Gasteiger partial charge in [0.1, 0.15) is 5.60 Å². The lowest BCUT2D eigenvalue weighted by atomic mass is 9.92. The van der Waals surface area contributed by atoms with Crippen LogP contribution in [0.3, 0.4) is 0 Å². The summed E-state index contributed by atoms with van der Waals surface area (Å²) >= 11 is 0. The van der Waals surface area contributed by atoms with E-state index >= 15 is 0 Å². The molecule has 0 aromatic rings. The molecule has 0 spiro atoms. The highest BCUT2D eigenvalue weighted by atomic mass is 31.2. The van der Waals surface area contributed by atoms with Crippen molar-refractivity contribution in [2.75, 3.05) is 19.8 Å². The Labute approximate surface area is 141 Å². The normalized spacial score (nSPS) is 30.8. The maximum absolute atomic E-state index is 12.7. The van der Waals surface area contributed by atoms with Crippen molar-refractivity contribution in [3.63, 3.8) is 0 Å². The van der Waals surface area contributed by atoms with Gasteiger partial charge in [0, 0.05) is 13.0 Å².